The van der Waals surface area contributed by atoms with Crippen LogP contribution in [0.3, 0.4) is 0 Å². The molecule has 2 fully saturated rings. The number of amides is 1. The molecule has 0 radical (unpaired) electrons. The maximum absolute atomic E-state index is 12.4. The molecule has 2 aliphatic rings. The van der Waals surface area contributed by atoms with E-state index >= 15 is 0 Å². The van der Waals surface area contributed by atoms with Crippen molar-refractivity contribution >= 4 is 29.0 Å². The molecule has 7 heteroatoms. The quantitative estimate of drug-likeness (QED) is 0.857. The number of thiazole rings is 1. The zero-order valence-corrected chi connectivity index (χ0v) is 15.0. The molecule has 2 aromatic rings. The van der Waals surface area contributed by atoms with Crippen LogP contribution >= 0.6 is 23.1 Å². The predicted molar refractivity (Wildman–Crippen MR) is 95.0 cm³/mol. The molecule has 1 aromatic heterocycles. The summed E-state index contributed by atoms with van der Waals surface area (Å²) in [5.41, 5.74) is 0.707. The first-order valence-electron chi connectivity index (χ1n) is 8.05. The van der Waals surface area contributed by atoms with Crippen LogP contribution in [0.5, 0.6) is 5.88 Å². The minimum absolute atomic E-state index is 0.0156. The van der Waals surface area contributed by atoms with Gasteiger partial charge in [-0.05, 0) is 43.5 Å². The Kier molecular flexibility index (Phi) is 4.47. The number of carbonyl (C=O) groups excluding carboxylic acids is 1. The highest BCUT2D eigenvalue weighted by Crippen LogP contribution is 2.32. The monoisotopic (exact) mass is 361 g/mol. The van der Waals surface area contributed by atoms with Crippen LogP contribution in [-0.2, 0) is 0 Å². The normalized spacial score (nSPS) is 25.0. The van der Waals surface area contributed by atoms with E-state index in [1.54, 1.807) is 30.2 Å². The van der Waals surface area contributed by atoms with Crippen molar-refractivity contribution in [3.05, 3.63) is 35.2 Å². The maximum Gasteiger partial charge on any atom is 0.251 e. The molecule has 24 heavy (non-hydrogen) atoms. The zero-order valence-electron chi connectivity index (χ0n) is 13.3. The molecule has 0 aliphatic carbocycles. The van der Waals surface area contributed by atoms with Crippen molar-refractivity contribution in [3.8, 4) is 5.88 Å². The first-order chi connectivity index (χ1) is 11.7. The molecule has 126 valence electrons. The number of carbonyl (C=O) groups is 1. The summed E-state index contributed by atoms with van der Waals surface area (Å²) in [5, 5.41) is 8.60. The van der Waals surface area contributed by atoms with Crippen LogP contribution in [0.1, 0.15) is 29.6 Å². The smallest absolute Gasteiger partial charge is 0.251 e. The van der Waals surface area contributed by atoms with Crippen molar-refractivity contribution in [2.24, 2.45) is 0 Å². The highest BCUT2D eigenvalue weighted by Gasteiger charge is 2.39. The molecule has 3 heterocycles. The zero-order chi connectivity index (χ0) is 16.5. The molecule has 0 saturated carbocycles. The van der Waals surface area contributed by atoms with E-state index in [1.807, 2.05) is 29.6 Å². The summed E-state index contributed by atoms with van der Waals surface area (Å²) in [4.78, 5) is 17.8. The second-order valence-corrected chi connectivity index (χ2v) is 8.32. The molecule has 1 amide bonds. The van der Waals surface area contributed by atoms with E-state index in [0.29, 0.717) is 23.5 Å². The van der Waals surface area contributed by atoms with Gasteiger partial charge in [-0.2, -0.15) is 4.98 Å². The number of benzene rings is 1. The molecule has 2 bridgehead atoms. The van der Waals surface area contributed by atoms with Crippen LogP contribution < -0.4 is 15.4 Å². The lowest BCUT2D eigenvalue weighted by molar-refractivity contribution is 0.0931. The number of aromatic nitrogens is 1. The summed E-state index contributed by atoms with van der Waals surface area (Å²) < 4.78 is 6.02. The van der Waals surface area contributed by atoms with E-state index in [-0.39, 0.29) is 11.9 Å². The fourth-order valence-corrected chi connectivity index (χ4v) is 5.12. The number of hydrogen-bond donors (Lipinski definition) is 2. The standard InChI is InChI=1S/C17H19N3O2S2/c1-22-15-9-23-17(20-15)24-12-5-2-10(3-6-12)16(21)19-14-8-11-4-7-13(14)18-11/h2-3,5-6,9,11,13-14,18H,4,7-8H2,1H3,(H,19,21). The van der Waals surface area contributed by atoms with Gasteiger partial charge < -0.3 is 15.4 Å². The Balaban J connectivity index is 1.37. The molecule has 4 rings (SSSR count). The van der Waals surface area contributed by atoms with Gasteiger partial charge in [0.2, 0.25) is 5.88 Å². The summed E-state index contributed by atoms with van der Waals surface area (Å²) in [5.74, 6) is 0.653. The number of nitrogens with zero attached hydrogens (tertiary/aromatic N) is 1. The van der Waals surface area contributed by atoms with Crippen molar-refractivity contribution in [2.75, 3.05) is 7.11 Å². The SMILES string of the molecule is COc1csc(Sc2ccc(C(=O)NC3CC4CCC3N4)cc2)n1. The maximum atomic E-state index is 12.4. The molecule has 5 nitrogen and oxygen atoms in total. The van der Waals surface area contributed by atoms with Crippen LogP contribution in [0.2, 0.25) is 0 Å². The number of fused-ring (bicyclic) bond motifs is 2. The van der Waals surface area contributed by atoms with Gasteiger partial charge >= 0.3 is 0 Å². The third-order valence-corrected chi connectivity index (χ3v) is 6.53. The summed E-state index contributed by atoms with van der Waals surface area (Å²) in [6.07, 6.45) is 3.46. The van der Waals surface area contributed by atoms with E-state index < -0.39 is 0 Å². The molecule has 3 unspecified atom stereocenters. The Labute approximate surface area is 149 Å². The number of hydrogen-bond acceptors (Lipinski definition) is 6. The third kappa shape index (κ3) is 3.29. The lowest BCUT2D eigenvalue weighted by Crippen LogP contribution is -2.42. The highest BCUT2D eigenvalue weighted by atomic mass is 32.2. The summed E-state index contributed by atoms with van der Waals surface area (Å²) >= 11 is 3.12. The molecule has 1 aromatic carbocycles. The topological polar surface area (TPSA) is 63.2 Å². The van der Waals surface area contributed by atoms with Crippen molar-refractivity contribution in [2.45, 2.75) is 46.6 Å². The van der Waals surface area contributed by atoms with Crippen molar-refractivity contribution in [1.29, 1.82) is 0 Å². The molecule has 2 N–H and O–H groups in total. The second kappa shape index (κ2) is 6.74. The first kappa shape index (κ1) is 15.9. The number of ether oxygens (including phenoxy) is 1. The van der Waals surface area contributed by atoms with E-state index in [1.165, 1.54) is 12.8 Å². The van der Waals surface area contributed by atoms with Gasteiger partial charge in [-0.1, -0.05) is 11.8 Å². The van der Waals surface area contributed by atoms with Gasteiger partial charge in [-0.3, -0.25) is 4.79 Å². The molecule has 2 saturated heterocycles. The first-order valence-corrected chi connectivity index (χ1v) is 9.75. The van der Waals surface area contributed by atoms with E-state index in [0.717, 1.165) is 15.7 Å². The van der Waals surface area contributed by atoms with E-state index in [2.05, 4.69) is 15.6 Å². The minimum Gasteiger partial charge on any atom is -0.480 e. The van der Waals surface area contributed by atoms with Gasteiger partial charge in [0.1, 0.15) is 0 Å². The van der Waals surface area contributed by atoms with Gasteiger partial charge in [0.05, 0.1) is 12.5 Å². The molecule has 2 aliphatic heterocycles. The van der Waals surface area contributed by atoms with E-state index in [4.69, 9.17) is 4.74 Å². The molecular formula is C17H19N3O2S2. The van der Waals surface area contributed by atoms with Crippen LogP contribution in [0.4, 0.5) is 0 Å². The fraction of sp³-hybridized carbons (Fsp3) is 0.412. The third-order valence-electron chi connectivity index (χ3n) is 4.61. The van der Waals surface area contributed by atoms with Gasteiger partial charge in [-0.15, -0.1) is 11.3 Å². The Morgan fingerprint density at radius 2 is 2.21 bits per heavy atom. The fourth-order valence-electron chi connectivity index (χ4n) is 3.39. The van der Waals surface area contributed by atoms with Crippen LogP contribution in [0.25, 0.3) is 0 Å². The lowest BCUT2D eigenvalue weighted by atomic mass is 9.95. The van der Waals surface area contributed by atoms with Gasteiger partial charge in [-0.25, -0.2) is 0 Å². The van der Waals surface area contributed by atoms with E-state index in [9.17, 15) is 4.79 Å². The van der Waals surface area contributed by atoms with Gasteiger partial charge in [0.25, 0.3) is 5.91 Å². The Bertz CT molecular complexity index is 732. The van der Waals surface area contributed by atoms with Crippen LogP contribution in [0, 0.1) is 0 Å². The molecular weight excluding hydrogens is 342 g/mol. The largest absolute Gasteiger partial charge is 0.480 e. The van der Waals surface area contributed by atoms with Crippen molar-refractivity contribution < 1.29 is 9.53 Å². The predicted octanol–water partition coefficient (Wildman–Crippen LogP) is 2.93. The lowest BCUT2D eigenvalue weighted by Gasteiger charge is -2.21. The Morgan fingerprint density at radius 1 is 1.38 bits per heavy atom. The van der Waals surface area contributed by atoms with Crippen molar-refractivity contribution in [3.63, 3.8) is 0 Å². The van der Waals surface area contributed by atoms with Gasteiger partial charge in [0.15, 0.2) is 4.34 Å². The summed E-state index contributed by atoms with van der Waals surface area (Å²) in [7, 11) is 1.61. The average molecular weight is 361 g/mol. The molecule has 3 atom stereocenters. The van der Waals surface area contributed by atoms with Crippen LogP contribution in [-0.4, -0.2) is 36.1 Å². The number of rotatable bonds is 5. The highest BCUT2D eigenvalue weighted by molar-refractivity contribution is 8.01. The second-order valence-electron chi connectivity index (χ2n) is 6.15. The summed E-state index contributed by atoms with van der Waals surface area (Å²) in [6, 6.07) is 9.00. The minimum atomic E-state index is 0.0156. The van der Waals surface area contributed by atoms with Crippen LogP contribution in [0.15, 0.2) is 38.9 Å². The molecule has 0 spiro atoms. The Hall–Kier alpha value is -1.57. The average Bonchev–Trinajstić information content (AvgIpc) is 3.32. The van der Waals surface area contributed by atoms with Gasteiger partial charge in [0, 0.05) is 28.6 Å². The Morgan fingerprint density at radius 3 is 2.83 bits per heavy atom. The van der Waals surface area contributed by atoms with Crippen molar-refractivity contribution in [1.82, 2.24) is 15.6 Å². The summed E-state index contributed by atoms with van der Waals surface area (Å²) in [6.45, 7) is 0. The number of methoxy groups -OCH3 is 1. The number of nitrogens with one attached hydrogen (secondary N) is 2.